The van der Waals surface area contributed by atoms with Crippen LogP contribution in [-0.2, 0) is 0 Å². The lowest BCUT2D eigenvalue weighted by Gasteiger charge is -2.04. The Kier molecular flexibility index (Phi) is 3.01. The van der Waals surface area contributed by atoms with Crippen molar-refractivity contribution in [1.29, 1.82) is 0 Å². The van der Waals surface area contributed by atoms with E-state index in [0.29, 0.717) is 5.56 Å². The molecular formula is C14H10O3. The molecule has 0 radical (unpaired) electrons. The van der Waals surface area contributed by atoms with Crippen molar-refractivity contribution in [2.75, 3.05) is 0 Å². The monoisotopic (exact) mass is 226 g/mol. The van der Waals surface area contributed by atoms with Crippen LogP contribution in [0.25, 0.3) is 11.1 Å². The van der Waals surface area contributed by atoms with Gasteiger partial charge in [0.1, 0.15) is 0 Å². The van der Waals surface area contributed by atoms with Gasteiger partial charge < -0.3 is 5.11 Å². The van der Waals surface area contributed by atoms with E-state index in [0.717, 1.165) is 17.4 Å². The molecule has 0 saturated carbocycles. The summed E-state index contributed by atoms with van der Waals surface area (Å²) >= 11 is 0. The standard InChI is InChI=1S/C14H10O3/c15-9-12-3-1-2-4-13(12)10-5-7-11(8-6-10)14(16)17/h1-9H,(H,16,17). The normalized spacial score (nSPS) is 9.88. The van der Waals surface area contributed by atoms with Gasteiger partial charge >= 0.3 is 5.97 Å². The Morgan fingerprint density at radius 1 is 1.00 bits per heavy atom. The minimum Gasteiger partial charge on any atom is -0.478 e. The lowest BCUT2D eigenvalue weighted by Crippen LogP contribution is -1.95. The van der Waals surface area contributed by atoms with Crippen molar-refractivity contribution in [2.24, 2.45) is 0 Å². The van der Waals surface area contributed by atoms with Crippen LogP contribution in [-0.4, -0.2) is 17.4 Å². The van der Waals surface area contributed by atoms with Gasteiger partial charge in [-0.25, -0.2) is 4.79 Å². The van der Waals surface area contributed by atoms with Gasteiger partial charge in [0.05, 0.1) is 5.56 Å². The SMILES string of the molecule is O=Cc1ccccc1-c1ccc(C(=O)O)cc1. The average Bonchev–Trinajstić information content (AvgIpc) is 2.39. The van der Waals surface area contributed by atoms with Crippen LogP contribution in [0, 0.1) is 0 Å². The van der Waals surface area contributed by atoms with Crippen LogP contribution in [0.3, 0.4) is 0 Å². The first-order chi connectivity index (χ1) is 8.22. The third-order valence-corrected chi connectivity index (χ3v) is 2.53. The number of aromatic carboxylic acids is 1. The second-order valence-electron chi connectivity index (χ2n) is 3.59. The maximum Gasteiger partial charge on any atom is 0.335 e. The predicted molar refractivity (Wildman–Crippen MR) is 64.2 cm³/mol. The number of benzene rings is 2. The van der Waals surface area contributed by atoms with E-state index in [4.69, 9.17) is 5.11 Å². The Hall–Kier alpha value is -2.42. The molecular weight excluding hydrogens is 216 g/mol. The summed E-state index contributed by atoms with van der Waals surface area (Å²) in [4.78, 5) is 21.6. The summed E-state index contributed by atoms with van der Waals surface area (Å²) in [6, 6.07) is 13.6. The first-order valence-electron chi connectivity index (χ1n) is 5.10. The van der Waals surface area contributed by atoms with Crippen LogP contribution in [0.5, 0.6) is 0 Å². The predicted octanol–water partition coefficient (Wildman–Crippen LogP) is 2.86. The number of carboxylic acid groups (broad SMARTS) is 1. The highest BCUT2D eigenvalue weighted by atomic mass is 16.4. The van der Waals surface area contributed by atoms with E-state index in [1.54, 1.807) is 24.3 Å². The zero-order valence-electron chi connectivity index (χ0n) is 8.96. The maximum absolute atomic E-state index is 10.9. The first kappa shape index (κ1) is 11.1. The van der Waals surface area contributed by atoms with E-state index in [-0.39, 0.29) is 5.56 Å². The summed E-state index contributed by atoms with van der Waals surface area (Å²) in [7, 11) is 0. The number of carbonyl (C=O) groups excluding carboxylic acids is 1. The van der Waals surface area contributed by atoms with E-state index in [9.17, 15) is 9.59 Å². The van der Waals surface area contributed by atoms with Crippen LogP contribution < -0.4 is 0 Å². The van der Waals surface area contributed by atoms with E-state index in [1.807, 2.05) is 12.1 Å². The zero-order chi connectivity index (χ0) is 12.3. The number of aldehydes is 1. The van der Waals surface area contributed by atoms with Crippen LogP contribution in [0.4, 0.5) is 0 Å². The van der Waals surface area contributed by atoms with Gasteiger partial charge in [-0.05, 0) is 23.3 Å². The van der Waals surface area contributed by atoms with Gasteiger partial charge in [0.25, 0.3) is 0 Å². The Morgan fingerprint density at radius 3 is 2.24 bits per heavy atom. The summed E-state index contributed by atoms with van der Waals surface area (Å²) in [6.07, 6.45) is 0.792. The molecule has 3 heteroatoms. The van der Waals surface area contributed by atoms with Crippen molar-refractivity contribution in [2.45, 2.75) is 0 Å². The Balaban J connectivity index is 2.46. The summed E-state index contributed by atoms with van der Waals surface area (Å²) in [5.41, 5.74) is 2.46. The van der Waals surface area contributed by atoms with Crippen molar-refractivity contribution < 1.29 is 14.7 Å². The number of rotatable bonds is 3. The molecule has 2 aromatic carbocycles. The van der Waals surface area contributed by atoms with Crippen molar-refractivity contribution >= 4 is 12.3 Å². The molecule has 0 unspecified atom stereocenters. The summed E-state index contributed by atoms with van der Waals surface area (Å²) < 4.78 is 0. The molecule has 0 amide bonds. The molecule has 2 aromatic rings. The van der Waals surface area contributed by atoms with Crippen LogP contribution in [0.15, 0.2) is 48.5 Å². The van der Waals surface area contributed by atoms with Gasteiger partial charge in [-0.1, -0.05) is 36.4 Å². The van der Waals surface area contributed by atoms with E-state index < -0.39 is 5.97 Å². The Labute approximate surface area is 98.3 Å². The van der Waals surface area contributed by atoms with Gasteiger partial charge in [0, 0.05) is 5.56 Å². The maximum atomic E-state index is 10.9. The molecule has 0 atom stereocenters. The van der Waals surface area contributed by atoms with Crippen LogP contribution >= 0.6 is 0 Å². The fourth-order valence-corrected chi connectivity index (χ4v) is 1.66. The zero-order valence-corrected chi connectivity index (χ0v) is 8.96. The quantitative estimate of drug-likeness (QED) is 0.819. The van der Waals surface area contributed by atoms with E-state index >= 15 is 0 Å². The molecule has 0 fully saturated rings. The van der Waals surface area contributed by atoms with Crippen molar-refractivity contribution in [3.05, 3.63) is 59.7 Å². The molecule has 84 valence electrons. The molecule has 2 rings (SSSR count). The highest BCUT2D eigenvalue weighted by Crippen LogP contribution is 2.22. The second kappa shape index (κ2) is 4.61. The number of carboxylic acids is 1. The van der Waals surface area contributed by atoms with Crippen LogP contribution in [0.2, 0.25) is 0 Å². The molecule has 1 N–H and O–H groups in total. The fourth-order valence-electron chi connectivity index (χ4n) is 1.66. The molecule has 3 nitrogen and oxygen atoms in total. The lowest BCUT2D eigenvalue weighted by atomic mass is 9.99. The summed E-state index contributed by atoms with van der Waals surface area (Å²) in [5, 5.41) is 8.79. The van der Waals surface area contributed by atoms with E-state index in [1.165, 1.54) is 12.1 Å². The molecule has 0 saturated heterocycles. The third-order valence-electron chi connectivity index (χ3n) is 2.53. The highest BCUT2D eigenvalue weighted by Gasteiger charge is 2.05. The molecule has 0 aromatic heterocycles. The van der Waals surface area contributed by atoms with Crippen molar-refractivity contribution in [3.8, 4) is 11.1 Å². The molecule has 0 bridgehead atoms. The topological polar surface area (TPSA) is 54.4 Å². The number of carbonyl (C=O) groups is 2. The van der Waals surface area contributed by atoms with Gasteiger partial charge in [0.15, 0.2) is 6.29 Å². The molecule has 17 heavy (non-hydrogen) atoms. The second-order valence-corrected chi connectivity index (χ2v) is 3.59. The lowest BCUT2D eigenvalue weighted by molar-refractivity contribution is 0.0696. The fraction of sp³-hybridized carbons (Fsp3) is 0. The van der Waals surface area contributed by atoms with Crippen molar-refractivity contribution in [1.82, 2.24) is 0 Å². The minimum atomic E-state index is -0.958. The Bertz CT molecular complexity index is 556. The smallest absolute Gasteiger partial charge is 0.335 e. The molecule has 0 spiro atoms. The summed E-state index contributed by atoms with van der Waals surface area (Å²) in [5.74, 6) is -0.958. The van der Waals surface area contributed by atoms with Gasteiger partial charge in [0.2, 0.25) is 0 Å². The molecule has 0 aliphatic carbocycles. The number of hydrogen-bond donors (Lipinski definition) is 1. The molecule has 0 aliphatic heterocycles. The molecule has 0 heterocycles. The van der Waals surface area contributed by atoms with Crippen molar-refractivity contribution in [3.63, 3.8) is 0 Å². The molecule has 0 aliphatic rings. The first-order valence-corrected chi connectivity index (χ1v) is 5.10. The van der Waals surface area contributed by atoms with E-state index in [2.05, 4.69) is 0 Å². The number of hydrogen-bond acceptors (Lipinski definition) is 2. The average molecular weight is 226 g/mol. The van der Waals surface area contributed by atoms with Gasteiger partial charge in [-0.15, -0.1) is 0 Å². The highest BCUT2D eigenvalue weighted by molar-refractivity contribution is 5.90. The van der Waals surface area contributed by atoms with Crippen LogP contribution in [0.1, 0.15) is 20.7 Å². The largest absolute Gasteiger partial charge is 0.478 e. The third kappa shape index (κ3) is 2.23. The Morgan fingerprint density at radius 2 is 1.65 bits per heavy atom. The van der Waals surface area contributed by atoms with Gasteiger partial charge in [-0.3, -0.25) is 4.79 Å². The van der Waals surface area contributed by atoms with Gasteiger partial charge in [-0.2, -0.15) is 0 Å². The minimum absolute atomic E-state index is 0.234. The summed E-state index contributed by atoms with van der Waals surface area (Å²) in [6.45, 7) is 0.